The van der Waals surface area contributed by atoms with Gasteiger partial charge in [0, 0.05) is 5.56 Å². The van der Waals surface area contributed by atoms with E-state index in [0.717, 1.165) is 0 Å². The average Bonchev–Trinajstić information content (AvgIpc) is 2.34. The van der Waals surface area contributed by atoms with Gasteiger partial charge >= 0.3 is 5.69 Å². The molecule has 1 unspecified atom stereocenters. The van der Waals surface area contributed by atoms with Gasteiger partial charge in [-0.25, -0.2) is 4.79 Å². The number of rotatable bonds is 5. The number of nitrogens with one attached hydrogen (secondary N) is 1. The lowest BCUT2D eigenvalue weighted by Gasteiger charge is -2.41. The third-order valence-corrected chi connectivity index (χ3v) is 5.43. The first-order valence-electron chi connectivity index (χ1n) is 7.07. The van der Waals surface area contributed by atoms with Crippen molar-refractivity contribution in [3.8, 4) is 0 Å². The second-order valence-corrected chi connectivity index (χ2v) is 8.45. The van der Waals surface area contributed by atoms with E-state index in [0.29, 0.717) is 19.8 Å². The average molecular weight is 440 g/mol. The van der Waals surface area contributed by atoms with Crippen LogP contribution in [0.15, 0.2) is 9.59 Å². The van der Waals surface area contributed by atoms with E-state index in [2.05, 4.69) is 25.8 Å². The van der Waals surface area contributed by atoms with Crippen LogP contribution in [0.5, 0.6) is 0 Å². The maximum Gasteiger partial charge on any atom is 0.331 e. The minimum atomic E-state index is -0.563. The van der Waals surface area contributed by atoms with E-state index in [1.165, 1.54) is 4.57 Å². The molecular formula is C14H25IN2O4Si. The van der Waals surface area contributed by atoms with Crippen molar-refractivity contribution >= 4 is 33.1 Å². The van der Waals surface area contributed by atoms with E-state index >= 15 is 0 Å². The SMILES string of the molecule is Cc1c(I)n(COC(C)(C)C(O[SiH3])C(C)(C)C)c(=O)[nH]c1=O. The number of H-pyrrole nitrogens is 1. The highest BCUT2D eigenvalue weighted by atomic mass is 127. The predicted octanol–water partition coefficient (Wildman–Crippen LogP) is 0.914. The number of aromatic nitrogens is 2. The van der Waals surface area contributed by atoms with Gasteiger partial charge in [-0.3, -0.25) is 14.3 Å². The Balaban J connectivity index is 3.06. The summed E-state index contributed by atoms with van der Waals surface area (Å²) in [5.74, 6) is 0. The van der Waals surface area contributed by atoms with E-state index in [1.54, 1.807) is 6.92 Å². The van der Waals surface area contributed by atoms with Crippen LogP contribution in [0.1, 0.15) is 40.2 Å². The van der Waals surface area contributed by atoms with E-state index in [9.17, 15) is 9.59 Å². The van der Waals surface area contributed by atoms with Crippen molar-refractivity contribution in [1.29, 1.82) is 0 Å². The molecule has 0 bridgehead atoms. The summed E-state index contributed by atoms with van der Waals surface area (Å²) in [5.41, 5.74) is -0.958. The number of ether oxygens (including phenoxy) is 1. The second kappa shape index (κ2) is 6.98. The van der Waals surface area contributed by atoms with Gasteiger partial charge in [-0.1, -0.05) is 20.8 Å². The first kappa shape index (κ1) is 19.6. The largest absolute Gasteiger partial charge is 0.422 e. The molecule has 1 heterocycles. The van der Waals surface area contributed by atoms with E-state index in [4.69, 9.17) is 9.16 Å². The van der Waals surface area contributed by atoms with Gasteiger partial charge < -0.3 is 9.16 Å². The molecule has 126 valence electrons. The molecule has 0 radical (unpaired) electrons. The van der Waals surface area contributed by atoms with Crippen LogP contribution in [0.3, 0.4) is 0 Å². The minimum absolute atomic E-state index is 0.0687. The smallest absolute Gasteiger partial charge is 0.331 e. The molecule has 0 saturated heterocycles. The van der Waals surface area contributed by atoms with Gasteiger partial charge in [-0.2, -0.15) is 0 Å². The molecule has 1 aromatic rings. The monoisotopic (exact) mass is 440 g/mol. The maximum atomic E-state index is 12.0. The summed E-state index contributed by atoms with van der Waals surface area (Å²) in [6, 6.07) is 0. The first-order valence-corrected chi connectivity index (χ1v) is 8.97. The lowest BCUT2D eigenvalue weighted by molar-refractivity contribution is -0.146. The molecule has 0 aliphatic carbocycles. The van der Waals surface area contributed by atoms with Crippen LogP contribution in [-0.4, -0.2) is 31.7 Å². The fourth-order valence-electron chi connectivity index (χ4n) is 2.75. The summed E-state index contributed by atoms with van der Waals surface area (Å²) in [4.78, 5) is 25.8. The number of nitrogens with zero attached hydrogens (tertiary/aromatic N) is 1. The molecule has 0 spiro atoms. The fraction of sp³-hybridized carbons (Fsp3) is 0.714. The van der Waals surface area contributed by atoms with Crippen molar-refractivity contribution in [3.05, 3.63) is 30.1 Å². The van der Waals surface area contributed by atoms with Crippen LogP contribution in [0.2, 0.25) is 0 Å². The molecule has 8 heteroatoms. The van der Waals surface area contributed by atoms with Crippen LogP contribution in [0.25, 0.3) is 0 Å². The summed E-state index contributed by atoms with van der Waals surface area (Å²) in [6.07, 6.45) is -0.0936. The molecule has 1 rings (SSSR count). The van der Waals surface area contributed by atoms with E-state index in [-0.39, 0.29) is 23.8 Å². The Hall–Kier alpha value is -0.453. The molecule has 0 aliphatic rings. The van der Waals surface area contributed by atoms with E-state index in [1.807, 2.05) is 36.4 Å². The van der Waals surface area contributed by atoms with Crippen LogP contribution < -0.4 is 11.2 Å². The molecule has 1 aromatic heterocycles. The van der Waals surface area contributed by atoms with Crippen molar-refractivity contribution in [1.82, 2.24) is 9.55 Å². The Morgan fingerprint density at radius 2 is 1.82 bits per heavy atom. The quantitative estimate of drug-likeness (QED) is 0.420. The highest BCUT2D eigenvalue weighted by Crippen LogP contribution is 2.32. The van der Waals surface area contributed by atoms with E-state index < -0.39 is 11.3 Å². The van der Waals surface area contributed by atoms with Crippen molar-refractivity contribution < 1.29 is 9.16 Å². The van der Waals surface area contributed by atoms with Gasteiger partial charge in [0.05, 0.1) is 15.4 Å². The molecule has 0 saturated carbocycles. The Labute approximate surface area is 147 Å². The summed E-state index contributed by atoms with van der Waals surface area (Å²) in [5, 5.41) is 0. The van der Waals surface area contributed by atoms with Gasteiger partial charge in [0.1, 0.15) is 17.2 Å². The highest BCUT2D eigenvalue weighted by Gasteiger charge is 2.39. The third kappa shape index (κ3) is 4.30. The summed E-state index contributed by atoms with van der Waals surface area (Å²) >= 11 is 1.99. The fourth-order valence-corrected chi connectivity index (χ4v) is 4.62. The molecular weight excluding hydrogens is 415 g/mol. The summed E-state index contributed by atoms with van der Waals surface area (Å²) < 4.78 is 13.7. The molecule has 6 nitrogen and oxygen atoms in total. The predicted molar refractivity (Wildman–Crippen MR) is 98.2 cm³/mol. The van der Waals surface area contributed by atoms with Gasteiger partial charge in [0.2, 0.25) is 0 Å². The highest BCUT2D eigenvalue weighted by molar-refractivity contribution is 14.1. The number of aromatic amines is 1. The third-order valence-electron chi connectivity index (χ3n) is 3.57. The standard InChI is InChI=1S/C14H25IN2O4Si/c1-8-9(15)17(12(19)16-10(8)18)7-20-14(5,6)11(21-22)13(2,3)4/h11H,7H2,1-6,22H3,(H,16,18,19). The molecule has 0 aromatic carbocycles. The molecule has 0 aliphatic heterocycles. The molecule has 0 amide bonds. The van der Waals surface area contributed by atoms with Crippen molar-refractivity contribution in [2.45, 2.75) is 60.0 Å². The van der Waals surface area contributed by atoms with Crippen LogP contribution >= 0.6 is 22.6 Å². The zero-order chi connectivity index (χ0) is 17.3. The maximum absolute atomic E-state index is 12.0. The first-order chi connectivity index (χ1) is 9.91. The molecule has 22 heavy (non-hydrogen) atoms. The Kier molecular flexibility index (Phi) is 6.21. The molecule has 0 fully saturated rings. The van der Waals surface area contributed by atoms with Crippen molar-refractivity contribution in [3.63, 3.8) is 0 Å². The number of hydrogen-bond donors (Lipinski definition) is 1. The van der Waals surface area contributed by atoms with Gasteiger partial charge in [0.25, 0.3) is 5.56 Å². The van der Waals surface area contributed by atoms with Crippen molar-refractivity contribution in [2.75, 3.05) is 0 Å². The zero-order valence-electron chi connectivity index (χ0n) is 14.2. The van der Waals surface area contributed by atoms with Gasteiger partial charge in [-0.15, -0.1) is 0 Å². The van der Waals surface area contributed by atoms with Crippen LogP contribution in [0.4, 0.5) is 0 Å². The minimum Gasteiger partial charge on any atom is -0.422 e. The topological polar surface area (TPSA) is 73.3 Å². The van der Waals surface area contributed by atoms with Crippen LogP contribution in [-0.2, 0) is 15.9 Å². The summed E-state index contributed by atoms with van der Waals surface area (Å²) in [6.45, 7) is 12.0. The van der Waals surface area contributed by atoms with Crippen LogP contribution in [0, 0.1) is 16.0 Å². The number of halogens is 1. The Morgan fingerprint density at radius 3 is 2.27 bits per heavy atom. The molecule has 1 N–H and O–H groups in total. The Bertz CT molecular complexity index is 646. The number of hydrogen-bond acceptors (Lipinski definition) is 4. The van der Waals surface area contributed by atoms with Crippen molar-refractivity contribution in [2.24, 2.45) is 5.41 Å². The summed E-state index contributed by atoms with van der Waals surface area (Å²) in [7, 11) is 0.608. The van der Waals surface area contributed by atoms with Gasteiger partial charge in [-0.05, 0) is 48.8 Å². The lowest BCUT2D eigenvalue weighted by Crippen LogP contribution is -2.49. The molecule has 1 atom stereocenters. The lowest BCUT2D eigenvalue weighted by atomic mass is 9.80. The zero-order valence-corrected chi connectivity index (χ0v) is 18.4. The normalized spacial score (nSPS) is 14.3. The Morgan fingerprint density at radius 1 is 1.27 bits per heavy atom. The van der Waals surface area contributed by atoms with Gasteiger partial charge in [0.15, 0.2) is 0 Å². The second-order valence-electron chi connectivity index (χ2n) is 6.96.